The number of aromatic nitrogens is 5. The van der Waals surface area contributed by atoms with E-state index in [1.807, 2.05) is 24.3 Å². The lowest BCUT2D eigenvalue weighted by Crippen LogP contribution is -3.06. The molecule has 0 radical (unpaired) electrons. The number of hydrogen-bond acceptors (Lipinski definition) is 4. The Kier molecular flexibility index (Phi) is 4.31. The van der Waals surface area contributed by atoms with Gasteiger partial charge in [-0.25, -0.2) is 14.5 Å². The molecule has 140 valence electrons. The first-order chi connectivity index (χ1) is 13.0. The summed E-state index contributed by atoms with van der Waals surface area (Å²) in [4.78, 5) is 11.0. The molecule has 3 aromatic heterocycles. The maximum atomic E-state index is 5.47. The second-order valence-corrected chi connectivity index (χ2v) is 7.17. The van der Waals surface area contributed by atoms with E-state index in [0.29, 0.717) is 5.82 Å². The van der Waals surface area contributed by atoms with E-state index in [4.69, 9.17) is 14.7 Å². The Morgan fingerprint density at radius 3 is 2.63 bits per heavy atom. The number of benzene rings is 1. The second-order valence-electron chi connectivity index (χ2n) is 7.17. The van der Waals surface area contributed by atoms with Crippen molar-refractivity contribution < 1.29 is 9.64 Å². The van der Waals surface area contributed by atoms with E-state index in [9.17, 15) is 0 Å². The van der Waals surface area contributed by atoms with Gasteiger partial charge in [0.15, 0.2) is 11.5 Å². The summed E-state index contributed by atoms with van der Waals surface area (Å²) in [5, 5.41) is 5.71. The quantitative estimate of drug-likeness (QED) is 0.582. The number of methoxy groups -OCH3 is 1. The summed E-state index contributed by atoms with van der Waals surface area (Å²) in [6.07, 6.45) is 1.75. The van der Waals surface area contributed by atoms with Gasteiger partial charge in [0.25, 0.3) is 0 Å². The van der Waals surface area contributed by atoms with Crippen molar-refractivity contribution in [2.45, 2.75) is 20.4 Å². The average Bonchev–Trinajstić information content (AvgIpc) is 3.20. The summed E-state index contributed by atoms with van der Waals surface area (Å²) in [6, 6.07) is 7.80. The molecule has 0 fully saturated rings. The van der Waals surface area contributed by atoms with Gasteiger partial charge in [-0.05, 0) is 31.5 Å². The molecular weight excluding hydrogens is 340 g/mol. The fourth-order valence-electron chi connectivity index (χ4n) is 3.48. The molecule has 0 saturated heterocycles. The number of fused-ring (bicyclic) bond motifs is 3. The molecule has 0 amide bonds. The first-order valence-electron chi connectivity index (χ1n) is 9.14. The number of hydrogen-bond donors (Lipinski definition) is 1. The van der Waals surface area contributed by atoms with Crippen LogP contribution in [-0.2, 0) is 6.54 Å². The van der Waals surface area contributed by atoms with Crippen LogP contribution >= 0.6 is 0 Å². The summed E-state index contributed by atoms with van der Waals surface area (Å²) < 4.78 is 9.52. The van der Waals surface area contributed by atoms with Crippen molar-refractivity contribution in [2.75, 3.05) is 27.7 Å². The number of quaternary nitrogens is 1. The van der Waals surface area contributed by atoms with Gasteiger partial charge in [-0.2, -0.15) is 0 Å². The molecular formula is C20H25N6O+. The molecule has 7 heteroatoms. The predicted octanol–water partition coefficient (Wildman–Crippen LogP) is 1.52. The lowest BCUT2D eigenvalue weighted by molar-refractivity contribution is -0.858. The fraction of sp³-hybridized carbons (Fsp3) is 0.350. The minimum absolute atomic E-state index is 0.643. The number of para-hydroxylation sites is 1. The van der Waals surface area contributed by atoms with Crippen molar-refractivity contribution in [1.82, 2.24) is 24.1 Å². The zero-order valence-corrected chi connectivity index (χ0v) is 16.4. The van der Waals surface area contributed by atoms with Crippen LogP contribution in [0.4, 0.5) is 0 Å². The predicted molar refractivity (Wildman–Crippen MR) is 105 cm³/mol. The van der Waals surface area contributed by atoms with Gasteiger partial charge >= 0.3 is 0 Å². The monoisotopic (exact) mass is 365 g/mol. The highest BCUT2D eigenvalue weighted by Gasteiger charge is 2.19. The molecule has 27 heavy (non-hydrogen) atoms. The van der Waals surface area contributed by atoms with Crippen LogP contribution < -0.4 is 9.64 Å². The molecule has 0 aliphatic rings. The number of likely N-dealkylation sites (N-methyl/N-ethyl adjacent to an activating group) is 1. The maximum absolute atomic E-state index is 5.47. The van der Waals surface area contributed by atoms with Gasteiger partial charge in [0, 0.05) is 5.69 Å². The van der Waals surface area contributed by atoms with E-state index in [2.05, 4.69) is 37.6 Å². The lowest BCUT2D eigenvalue weighted by Gasteiger charge is -2.10. The van der Waals surface area contributed by atoms with Crippen molar-refractivity contribution >= 4 is 16.7 Å². The topological polar surface area (TPSA) is 61.7 Å². The number of rotatable bonds is 5. The smallest absolute Gasteiger partial charge is 0.185 e. The van der Waals surface area contributed by atoms with Crippen molar-refractivity contribution in [1.29, 1.82) is 0 Å². The highest BCUT2D eigenvalue weighted by molar-refractivity contribution is 5.94. The normalized spacial score (nSPS) is 11.8. The van der Waals surface area contributed by atoms with E-state index in [1.165, 1.54) is 16.2 Å². The zero-order chi connectivity index (χ0) is 19.1. The molecule has 1 N–H and O–H groups in total. The molecule has 1 aromatic carbocycles. The minimum atomic E-state index is 0.643. The highest BCUT2D eigenvalue weighted by atomic mass is 16.5. The van der Waals surface area contributed by atoms with Gasteiger partial charge in [-0.15, -0.1) is 5.10 Å². The number of ether oxygens (including phenoxy) is 1. The van der Waals surface area contributed by atoms with Crippen molar-refractivity contribution in [3.05, 3.63) is 41.9 Å². The van der Waals surface area contributed by atoms with Crippen LogP contribution in [0.1, 0.15) is 11.3 Å². The van der Waals surface area contributed by atoms with Crippen LogP contribution in [0.3, 0.4) is 0 Å². The van der Waals surface area contributed by atoms with Crippen LogP contribution in [0.15, 0.2) is 30.6 Å². The molecule has 0 unspecified atom stereocenters. The molecule has 0 saturated carbocycles. The summed E-state index contributed by atoms with van der Waals surface area (Å²) in [5.74, 6) is 1.40. The summed E-state index contributed by atoms with van der Waals surface area (Å²) in [7, 11) is 5.99. The van der Waals surface area contributed by atoms with Crippen molar-refractivity contribution in [2.24, 2.45) is 0 Å². The van der Waals surface area contributed by atoms with Crippen LogP contribution in [0.5, 0.6) is 5.75 Å². The third kappa shape index (κ3) is 2.84. The standard InChI is InChI=1S/C20H24N6O/c1-13-14(2)25(11-10-24(3)4)19-17(13)20-22-18(23-26(20)12-21-19)15-8-6-7-9-16(15)27-5/h6-9,12H,10-11H2,1-5H3/p+1. The zero-order valence-electron chi connectivity index (χ0n) is 16.4. The van der Waals surface area contributed by atoms with Gasteiger partial charge in [0.05, 0.1) is 45.2 Å². The molecule has 0 aliphatic carbocycles. The summed E-state index contributed by atoms with van der Waals surface area (Å²) >= 11 is 0. The van der Waals surface area contributed by atoms with Gasteiger partial charge in [0.1, 0.15) is 17.7 Å². The molecule has 4 rings (SSSR count). The third-order valence-corrected chi connectivity index (χ3v) is 5.13. The summed E-state index contributed by atoms with van der Waals surface area (Å²) in [6.45, 7) is 6.25. The number of nitrogens with zero attached hydrogens (tertiary/aromatic N) is 5. The van der Waals surface area contributed by atoms with Crippen LogP contribution in [0.25, 0.3) is 28.1 Å². The Balaban J connectivity index is 1.92. The van der Waals surface area contributed by atoms with Gasteiger partial charge in [0.2, 0.25) is 0 Å². The Morgan fingerprint density at radius 1 is 1.11 bits per heavy atom. The third-order valence-electron chi connectivity index (χ3n) is 5.13. The first-order valence-corrected chi connectivity index (χ1v) is 9.14. The Morgan fingerprint density at radius 2 is 1.89 bits per heavy atom. The molecule has 0 bridgehead atoms. The van der Waals surface area contributed by atoms with Crippen LogP contribution in [-0.4, -0.2) is 51.9 Å². The average molecular weight is 365 g/mol. The van der Waals surface area contributed by atoms with Crippen molar-refractivity contribution in [3.63, 3.8) is 0 Å². The van der Waals surface area contributed by atoms with Gasteiger partial charge in [-0.3, -0.25) is 0 Å². The summed E-state index contributed by atoms with van der Waals surface area (Å²) in [5.41, 5.74) is 5.11. The first kappa shape index (κ1) is 17.5. The van der Waals surface area contributed by atoms with E-state index in [0.717, 1.165) is 41.1 Å². The molecule has 0 aliphatic heterocycles. The molecule has 4 aromatic rings. The molecule has 7 nitrogen and oxygen atoms in total. The number of aryl methyl sites for hydroxylation is 1. The Hall–Kier alpha value is -2.93. The second kappa shape index (κ2) is 6.66. The Bertz CT molecular complexity index is 1120. The molecule has 0 atom stereocenters. The minimum Gasteiger partial charge on any atom is -0.496 e. The van der Waals surface area contributed by atoms with Crippen LogP contribution in [0.2, 0.25) is 0 Å². The SMILES string of the molecule is COc1ccccc1-c1nc2c3c(C)c(C)n(CC[NH+](C)C)c3ncn2n1. The van der Waals surface area contributed by atoms with E-state index >= 15 is 0 Å². The molecule has 0 spiro atoms. The van der Waals surface area contributed by atoms with E-state index in [1.54, 1.807) is 18.0 Å². The lowest BCUT2D eigenvalue weighted by atomic mass is 10.2. The van der Waals surface area contributed by atoms with E-state index < -0.39 is 0 Å². The van der Waals surface area contributed by atoms with E-state index in [-0.39, 0.29) is 0 Å². The number of nitrogens with one attached hydrogen (secondary N) is 1. The van der Waals surface area contributed by atoms with Crippen LogP contribution in [0, 0.1) is 13.8 Å². The molecule has 3 heterocycles. The van der Waals surface area contributed by atoms with Gasteiger partial charge < -0.3 is 14.2 Å². The largest absolute Gasteiger partial charge is 0.496 e. The highest BCUT2D eigenvalue weighted by Crippen LogP contribution is 2.30. The Labute approximate surface area is 158 Å². The van der Waals surface area contributed by atoms with Gasteiger partial charge in [-0.1, -0.05) is 12.1 Å². The van der Waals surface area contributed by atoms with Crippen molar-refractivity contribution in [3.8, 4) is 17.1 Å². The fourth-order valence-corrected chi connectivity index (χ4v) is 3.48. The maximum Gasteiger partial charge on any atom is 0.185 e.